The quantitative estimate of drug-likeness (QED) is 0.527. The number of aliphatic hydroxyl groups is 3. The Bertz CT molecular complexity index is 435. The SMILES string of the molecule is Nc1cc(O[C@@H]2O[C@H](CO)[C@@H](O)[C@H]2O)nnc1Cl. The Morgan fingerprint density at radius 3 is 2.67 bits per heavy atom. The molecule has 8 nitrogen and oxygen atoms in total. The Morgan fingerprint density at radius 1 is 1.39 bits per heavy atom. The number of hydrogen-bond donors (Lipinski definition) is 4. The molecule has 0 saturated carbocycles. The molecule has 1 aromatic rings. The van der Waals surface area contributed by atoms with E-state index in [4.69, 9.17) is 31.9 Å². The molecule has 0 amide bonds. The Kier molecular flexibility index (Phi) is 3.83. The molecule has 4 atom stereocenters. The first kappa shape index (κ1) is 13.2. The number of nitrogens with zero attached hydrogens (tertiary/aromatic N) is 2. The van der Waals surface area contributed by atoms with Crippen LogP contribution in [0.5, 0.6) is 5.88 Å². The number of rotatable bonds is 3. The molecule has 1 aliphatic heterocycles. The lowest BCUT2D eigenvalue weighted by molar-refractivity contribution is -0.118. The summed E-state index contributed by atoms with van der Waals surface area (Å²) in [6.07, 6.45) is -4.62. The van der Waals surface area contributed by atoms with E-state index in [-0.39, 0.29) is 16.7 Å². The van der Waals surface area contributed by atoms with Crippen LogP contribution in [0.1, 0.15) is 0 Å². The Balaban J connectivity index is 2.07. The molecule has 2 heterocycles. The van der Waals surface area contributed by atoms with Gasteiger partial charge in [0, 0.05) is 6.07 Å². The maximum absolute atomic E-state index is 9.63. The van der Waals surface area contributed by atoms with Gasteiger partial charge in [-0.3, -0.25) is 0 Å². The number of hydrogen-bond acceptors (Lipinski definition) is 8. The van der Waals surface area contributed by atoms with Crippen molar-refractivity contribution in [2.45, 2.75) is 24.6 Å². The zero-order valence-corrected chi connectivity index (χ0v) is 9.86. The molecule has 100 valence electrons. The minimum absolute atomic E-state index is 0.00765. The summed E-state index contributed by atoms with van der Waals surface area (Å²) in [5, 5.41) is 35.2. The van der Waals surface area contributed by atoms with Gasteiger partial charge in [0.2, 0.25) is 12.2 Å². The number of ether oxygens (including phenoxy) is 2. The molecular weight excluding hydrogens is 266 g/mol. The first-order chi connectivity index (χ1) is 8.52. The number of aliphatic hydroxyl groups excluding tert-OH is 3. The summed E-state index contributed by atoms with van der Waals surface area (Å²) in [5.41, 5.74) is 5.66. The Morgan fingerprint density at radius 2 is 2.11 bits per heavy atom. The molecule has 5 N–H and O–H groups in total. The minimum Gasteiger partial charge on any atom is -0.444 e. The number of anilines is 1. The van der Waals surface area contributed by atoms with Gasteiger partial charge in [-0.2, -0.15) is 0 Å². The molecule has 0 unspecified atom stereocenters. The monoisotopic (exact) mass is 277 g/mol. The standard InChI is InChI=1S/C9H12ClN3O5/c10-8-3(11)1-5(12-13-8)18-9-7(16)6(15)4(2-14)17-9/h1,4,6-7,9,14-16H,2H2,(H2,11,12)/t4-,6-,7-,9+/m1/s1. The van der Waals surface area contributed by atoms with Crippen LogP contribution in [-0.2, 0) is 4.74 Å². The smallest absolute Gasteiger partial charge is 0.237 e. The molecule has 0 spiro atoms. The number of nitrogen functional groups attached to an aromatic ring is 1. The molecule has 0 aromatic carbocycles. The summed E-state index contributed by atoms with van der Waals surface area (Å²) < 4.78 is 10.3. The third-order valence-electron chi connectivity index (χ3n) is 2.49. The molecule has 0 aliphatic carbocycles. The van der Waals surface area contributed by atoms with Crippen LogP contribution in [0, 0.1) is 0 Å². The summed E-state index contributed by atoms with van der Waals surface area (Å²) in [7, 11) is 0. The Labute approximate surface area is 107 Å². The van der Waals surface area contributed by atoms with E-state index in [1.54, 1.807) is 0 Å². The van der Waals surface area contributed by atoms with Crippen LogP contribution >= 0.6 is 11.6 Å². The lowest BCUT2D eigenvalue weighted by atomic mass is 10.1. The van der Waals surface area contributed by atoms with Gasteiger partial charge in [0.05, 0.1) is 12.3 Å². The summed E-state index contributed by atoms with van der Waals surface area (Å²) in [4.78, 5) is 0. The second-order valence-electron chi connectivity index (χ2n) is 3.75. The molecule has 0 bridgehead atoms. The molecule has 9 heteroatoms. The average Bonchev–Trinajstić information content (AvgIpc) is 2.62. The van der Waals surface area contributed by atoms with Crippen LogP contribution in [0.4, 0.5) is 5.69 Å². The van der Waals surface area contributed by atoms with Crippen molar-refractivity contribution in [3.63, 3.8) is 0 Å². The molecule has 1 fully saturated rings. The van der Waals surface area contributed by atoms with Crippen molar-refractivity contribution in [2.24, 2.45) is 0 Å². The summed E-state index contributed by atoms with van der Waals surface area (Å²) in [5.74, 6) is -0.00765. The summed E-state index contributed by atoms with van der Waals surface area (Å²) >= 11 is 5.59. The van der Waals surface area contributed by atoms with Gasteiger partial charge in [-0.15, -0.1) is 10.2 Å². The van der Waals surface area contributed by atoms with Gasteiger partial charge in [0.25, 0.3) is 0 Å². The largest absolute Gasteiger partial charge is 0.444 e. The molecule has 2 rings (SSSR count). The average molecular weight is 278 g/mol. The minimum atomic E-state index is -1.30. The normalized spacial score (nSPS) is 31.6. The Hall–Kier alpha value is -1.19. The van der Waals surface area contributed by atoms with Crippen LogP contribution in [0.15, 0.2) is 6.07 Å². The fourth-order valence-electron chi connectivity index (χ4n) is 1.51. The summed E-state index contributed by atoms with van der Waals surface area (Å²) in [6.45, 7) is -0.438. The van der Waals surface area contributed by atoms with E-state index in [1.165, 1.54) is 6.07 Å². The van der Waals surface area contributed by atoms with Crippen molar-refractivity contribution in [1.82, 2.24) is 10.2 Å². The zero-order chi connectivity index (χ0) is 13.3. The predicted molar refractivity (Wildman–Crippen MR) is 59.8 cm³/mol. The lowest BCUT2D eigenvalue weighted by Gasteiger charge is -2.15. The summed E-state index contributed by atoms with van der Waals surface area (Å²) in [6, 6.07) is 1.31. The number of aromatic nitrogens is 2. The second-order valence-corrected chi connectivity index (χ2v) is 4.11. The van der Waals surface area contributed by atoms with Gasteiger partial charge in [-0.05, 0) is 0 Å². The fraction of sp³-hybridized carbons (Fsp3) is 0.556. The van der Waals surface area contributed by atoms with Gasteiger partial charge in [-0.1, -0.05) is 11.6 Å². The van der Waals surface area contributed by atoms with Crippen molar-refractivity contribution in [3.05, 3.63) is 11.2 Å². The topological polar surface area (TPSA) is 131 Å². The van der Waals surface area contributed by atoms with Crippen molar-refractivity contribution in [3.8, 4) is 5.88 Å². The van der Waals surface area contributed by atoms with E-state index in [9.17, 15) is 10.2 Å². The first-order valence-corrected chi connectivity index (χ1v) is 5.48. The molecular formula is C9H12ClN3O5. The van der Waals surface area contributed by atoms with E-state index >= 15 is 0 Å². The highest BCUT2D eigenvalue weighted by Gasteiger charge is 2.44. The number of halogens is 1. The zero-order valence-electron chi connectivity index (χ0n) is 9.10. The van der Waals surface area contributed by atoms with Gasteiger partial charge in [-0.25, -0.2) is 0 Å². The molecule has 18 heavy (non-hydrogen) atoms. The van der Waals surface area contributed by atoms with Gasteiger partial charge in [0.1, 0.15) is 18.3 Å². The highest BCUT2D eigenvalue weighted by molar-refractivity contribution is 6.31. The van der Waals surface area contributed by atoms with Crippen LogP contribution in [0.2, 0.25) is 5.15 Å². The van der Waals surface area contributed by atoms with E-state index in [2.05, 4.69) is 10.2 Å². The van der Waals surface area contributed by atoms with Gasteiger partial charge in [0.15, 0.2) is 5.15 Å². The van der Waals surface area contributed by atoms with Crippen molar-refractivity contribution in [1.29, 1.82) is 0 Å². The second kappa shape index (κ2) is 5.21. The molecule has 0 radical (unpaired) electrons. The van der Waals surface area contributed by atoms with E-state index in [0.29, 0.717) is 0 Å². The third kappa shape index (κ3) is 2.47. The third-order valence-corrected chi connectivity index (χ3v) is 2.78. The lowest BCUT2D eigenvalue weighted by Crippen LogP contribution is -2.35. The predicted octanol–water partition coefficient (Wildman–Crippen LogP) is -1.47. The van der Waals surface area contributed by atoms with Crippen LogP contribution in [0.3, 0.4) is 0 Å². The maximum atomic E-state index is 9.63. The molecule has 1 aromatic heterocycles. The molecule has 1 saturated heterocycles. The van der Waals surface area contributed by atoms with Crippen molar-refractivity contribution < 1.29 is 24.8 Å². The molecule has 1 aliphatic rings. The van der Waals surface area contributed by atoms with Gasteiger partial charge >= 0.3 is 0 Å². The van der Waals surface area contributed by atoms with E-state index in [1.807, 2.05) is 0 Å². The van der Waals surface area contributed by atoms with E-state index in [0.717, 1.165) is 0 Å². The van der Waals surface area contributed by atoms with Crippen molar-refractivity contribution >= 4 is 17.3 Å². The van der Waals surface area contributed by atoms with Crippen LogP contribution in [0.25, 0.3) is 0 Å². The highest BCUT2D eigenvalue weighted by Crippen LogP contribution is 2.25. The van der Waals surface area contributed by atoms with Crippen LogP contribution < -0.4 is 10.5 Å². The van der Waals surface area contributed by atoms with Crippen LogP contribution in [-0.4, -0.2) is 56.7 Å². The van der Waals surface area contributed by atoms with E-state index < -0.39 is 31.2 Å². The fourth-order valence-corrected chi connectivity index (χ4v) is 1.60. The number of nitrogens with two attached hydrogens (primary N) is 1. The van der Waals surface area contributed by atoms with Gasteiger partial charge < -0.3 is 30.5 Å². The highest BCUT2D eigenvalue weighted by atomic mass is 35.5. The first-order valence-electron chi connectivity index (χ1n) is 5.10. The van der Waals surface area contributed by atoms with Crippen molar-refractivity contribution in [2.75, 3.05) is 12.3 Å². The maximum Gasteiger partial charge on any atom is 0.237 e.